The molecule has 1 rings (SSSR count). The van der Waals surface area contributed by atoms with Crippen molar-refractivity contribution in [2.75, 3.05) is 6.61 Å². The summed E-state index contributed by atoms with van der Waals surface area (Å²) in [6, 6.07) is 0.521. The summed E-state index contributed by atoms with van der Waals surface area (Å²) in [6.07, 6.45) is -8.77. The maximum Gasteiger partial charge on any atom is 0.418 e. The van der Waals surface area contributed by atoms with Crippen LogP contribution in [0, 0.1) is 3.70 Å². The molecule has 0 aliphatic rings. The molecular weight excluding hydrogens is 400 g/mol. The maximum atomic E-state index is 12.7. The van der Waals surface area contributed by atoms with E-state index in [2.05, 4.69) is 9.72 Å². The summed E-state index contributed by atoms with van der Waals surface area (Å²) in [7, 11) is 0. The van der Waals surface area contributed by atoms with E-state index in [1.165, 1.54) is 22.6 Å². The van der Waals surface area contributed by atoms with Crippen molar-refractivity contribution in [3.63, 3.8) is 0 Å². The van der Waals surface area contributed by atoms with Crippen molar-refractivity contribution in [1.29, 1.82) is 0 Å². The third kappa shape index (κ3) is 4.25. The highest BCUT2D eigenvalue weighted by atomic mass is 127. The van der Waals surface area contributed by atoms with Gasteiger partial charge >= 0.3 is 12.1 Å². The molecule has 0 N–H and O–H groups in total. The van der Waals surface area contributed by atoms with Gasteiger partial charge in [0, 0.05) is 0 Å². The molecule has 3 nitrogen and oxygen atoms in total. The van der Waals surface area contributed by atoms with Gasteiger partial charge < -0.3 is 4.74 Å². The predicted molar refractivity (Wildman–Crippen MR) is 67.3 cm³/mol. The van der Waals surface area contributed by atoms with Gasteiger partial charge in [0.05, 0.1) is 18.6 Å². The number of halogens is 6. The summed E-state index contributed by atoms with van der Waals surface area (Å²) in [5.41, 5.74) is -2.97. The molecule has 1 heterocycles. The van der Waals surface area contributed by atoms with E-state index in [0.717, 1.165) is 0 Å². The van der Waals surface area contributed by atoms with E-state index < -0.39 is 36.2 Å². The number of esters is 1. The second kappa shape index (κ2) is 6.64. The lowest BCUT2D eigenvalue weighted by atomic mass is 10.1. The van der Waals surface area contributed by atoms with E-state index in [0.29, 0.717) is 6.07 Å². The zero-order valence-corrected chi connectivity index (χ0v) is 12.3. The molecule has 0 saturated carbocycles. The van der Waals surface area contributed by atoms with Gasteiger partial charge in [-0.15, -0.1) is 0 Å². The fourth-order valence-electron chi connectivity index (χ4n) is 1.43. The number of pyridine rings is 1. The van der Waals surface area contributed by atoms with Crippen LogP contribution in [0.4, 0.5) is 22.0 Å². The van der Waals surface area contributed by atoms with E-state index in [1.54, 1.807) is 6.92 Å². The van der Waals surface area contributed by atoms with Crippen molar-refractivity contribution < 1.29 is 31.5 Å². The molecule has 0 fully saturated rings. The number of carbonyl (C=O) groups excluding carboxylic acids is 1. The van der Waals surface area contributed by atoms with Gasteiger partial charge in [0.1, 0.15) is 9.39 Å². The highest BCUT2D eigenvalue weighted by Gasteiger charge is 2.37. The summed E-state index contributed by atoms with van der Waals surface area (Å²) in [5, 5.41) is 0. The van der Waals surface area contributed by atoms with Crippen LogP contribution in [0.15, 0.2) is 6.07 Å². The summed E-state index contributed by atoms with van der Waals surface area (Å²) in [6.45, 7) is 1.62. The first-order chi connectivity index (χ1) is 9.16. The Kier molecular flexibility index (Phi) is 5.66. The van der Waals surface area contributed by atoms with Gasteiger partial charge in [0.2, 0.25) is 0 Å². The van der Waals surface area contributed by atoms with Gasteiger partial charge in [-0.25, -0.2) is 13.8 Å². The highest BCUT2D eigenvalue weighted by molar-refractivity contribution is 14.1. The number of alkyl halides is 5. The molecular formula is C11H9F5INO2. The Balaban J connectivity index is 3.25. The standard InChI is InChI=1S/C11H9F5INO2/c1-2-20-7(19)4-5-3-6(11(14,15)16)8(9(12)13)18-10(5)17/h3,9H,2,4H2,1H3. The van der Waals surface area contributed by atoms with E-state index in [1.807, 2.05) is 0 Å². The molecule has 0 amide bonds. The normalized spacial score (nSPS) is 11.8. The predicted octanol–water partition coefficient (Wildman–Crippen LogP) is 3.75. The zero-order valence-electron chi connectivity index (χ0n) is 10.1. The van der Waals surface area contributed by atoms with Crippen molar-refractivity contribution >= 4 is 28.6 Å². The third-order valence-corrected chi connectivity index (χ3v) is 3.16. The molecule has 0 atom stereocenters. The van der Waals surface area contributed by atoms with E-state index >= 15 is 0 Å². The first-order valence-corrected chi connectivity index (χ1v) is 6.45. The molecule has 20 heavy (non-hydrogen) atoms. The first kappa shape index (κ1) is 17.1. The summed E-state index contributed by atoms with van der Waals surface area (Å²) in [4.78, 5) is 14.5. The Bertz CT molecular complexity index is 504. The van der Waals surface area contributed by atoms with Crippen LogP contribution in [0.1, 0.15) is 30.2 Å². The van der Waals surface area contributed by atoms with Crippen molar-refractivity contribution in [1.82, 2.24) is 4.98 Å². The van der Waals surface area contributed by atoms with Crippen LogP contribution in [0.3, 0.4) is 0 Å². The molecule has 112 valence electrons. The smallest absolute Gasteiger partial charge is 0.418 e. The van der Waals surface area contributed by atoms with Crippen LogP contribution in [0.2, 0.25) is 0 Å². The number of carbonyl (C=O) groups is 1. The minimum atomic E-state index is -4.97. The van der Waals surface area contributed by atoms with Gasteiger partial charge in [0.15, 0.2) is 0 Å². The number of hydrogen-bond acceptors (Lipinski definition) is 3. The molecule has 1 aromatic heterocycles. The van der Waals surface area contributed by atoms with E-state index in [9.17, 15) is 26.7 Å². The van der Waals surface area contributed by atoms with Gasteiger partial charge in [-0.2, -0.15) is 13.2 Å². The topological polar surface area (TPSA) is 39.2 Å². The van der Waals surface area contributed by atoms with Crippen LogP contribution >= 0.6 is 22.6 Å². The van der Waals surface area contributed by atoms with Crippen LogP contribution in [-0.2, 0) is 22.1 Å². The Morgan fingerprint density at radius 2 is 2.05 bits per heavy atom. The van der Waals surface area contributed by atoms with Gasteiger partial charge in [-0.3, -0.25) is 4.79 Å². The number of rotatable bonds is 4. The first-order valence-electron chi connectivity index (χ1n) is 5.37. The number of ether oxygens (including phenoxy) is 1. The zero-order chi connectivity index (χ0) is 15.5. The quantitative estimate of drug-likeness (QED) is 0.329. The van der Waals surface area contributed by atoms with Crippen molar-refractivity contribution in [3.8, 4) is 0 Å². The second-order valence-corrected chi connectivity index (χ2v) is 4.67. The average molecular weight is 409 g/mol. The number of aromatic nitrogens is 1. The van der Waals surface area contributed by atoms with Gasteiger partial charge in [-0.1, -0.05) is 0 Å². The van der Waals surface area contributed by atoms with Gasteiger partial charge in [-0.05, 0) is 41.1 Å². The minimum Gasteiger partial charge on any atom is -0.466 e. The average Bonchev–Trinajstić information content (AvgIpc) is 2.29. The molecule has 0 aliphatic carbocycles. The lowest BCUT2D eigenvalue weighted by molar-refractivity contribution is -0.143. The molecule has 1 aromatic rings. The van der Waals surface area contributed by atoms with Crippen LogP contribution in [0.25, 0.3) is 0 Å². The molecule has 0 unspecified atom stereocenters. The molecule has 0 radical (unpaired) electrons. The Labute approximate surface area is 124 Å². The maximum absolute atomic E-state index is 12.7. The third-order valence-electron chi connectivity index (χ3n) is 2.23. The molecule has 0 aliphatic heterocycles. The summed E-state index contributed by atoms with van der Waals surface area (Å²) < 4.78 is 67.9. The highest BCUT2D eigenvalue weighted by Crippen LogP contribution is 2.36. The van der Waals surface area contributed by atoms with Gasteiger partial charge in [0.25, 0.3) is 6.43 Å². The molecule has 0 bridgehead atoms. The Morgan fingerprint density at radius 3 is 2.50 bits per heavy atom. The second-order valence-electron chi connectivity index (χ2n) is 3.65. The molecule has 9 heteroatoms. The van der Waals surface area contributed by atoms with Crippen LogP contribution in [-0.4, -0.2) is 17.6 Å². The molecule has 0 spiro atoms. The summed E-state index contributed by atoms with van der Waals surface area (Å²) >= 11 is 1.51. The molecule has 0 aromatic carbocycles. The van der Waals surface area contributed by atoms with E-state index in [4.69, 9.17) is 0 Å². The Hall–Kier alpha value is -1.00. The lowest BCUT2D eigenvalue weighted by Gasteiger charge is -2.14. The van der Waals surface area contributed by atoms with Crippen LogP contribution < -0.4 is 0 Å². The van der Waals surface area contributed by atoms with Crippen molar-refractivity contribution in [2.45, 2.75) is 25.9 Å². The SMILES string of the molecule is CCOC(=O)Cc1cc(C(F)(F)F)c(C(F)F)nc1I. The van der Waals surface area contributed by atoms with E-state index in [-0.39, 0.29) is 15.9 Å². The minimum absolute atomic E-state index is 0.0735. The monoisotopic (exact) mass is 409 g/mol. The van der Waals surface area contributed by atoms with Crippen molar-refractivity contribution in [2.24, 2.45) is 0 Å². The van der Waals surface area contributed by atoms with Crippen LogP contribution in [0.5, 0.6) is 0 Å². The number of hydrogen-bond donors (Lipinski definition) is 0. The lowest BCUT2D eigenvalue weighted by Crippen LogP contribution is -2.16. The number of nitrogens with zero attached hydrogens (tertiary/aromatic N) is 1. The fourth-order valence-corrected chi connectivity index (χ4v) is 2.04. The Morgan fingerprint density at radius 1 is 1.45 bits per heavy atom. The largest absolute Gasteiger partial charge is 0.466 e. The summed E-state index contributed by atoms with van der Waals surface area (Å²) in [5.74, 6) is -0.745. The van der Waals surface area contributed by atoms with Crippen molar-refractivity contribution in [3.05, 3.63) is 26.6 Å². The molecule has 0 saturated heterocycles. The fraction of sp³-hybridized carbons (Fsp3) is 0.455.